The second-order valence-electron chi connectivity index (χ2n) is 5.71. The summed E-state index contributed by atoms with van der Waals surface area (Å²) in [6, 6.07) is 21.0. The molecule has 3 rings (SSSR count). The molecule has 23 heavy (non-hydrogen) atoms. The van der Waals surface area contributed by atoms with E-state index in [1.165, 1.54) is 11.1 Å². The molecule has 0 atom stereocenters. The summed E-state index contributed by atoms with van der Waals surface area (Å²) in [4.78, 5) is 0. The van der Waals surface area contributed by atoms with Crippen molar-refractivity contribution in [2.75, 3.05) is 6.61 Å². The summed E-state index contributed by atoms with van der Waals surface area (Å²) in [5.41, 5.74) is 2.68. The molecular formula is C20H23N2O+. The molecule has 0 aliphatic rings. The largest absolute Gasteiger partial charge is 0.342 e. The molecule has 0 unspecified atom stereocenters. The summed E-state index contributed by atoms with van der Waals surface area (Å²) in [5.74, 6) is 0. The van der Waals surface area contributed by atoms with Crippen molar-refractivity contribution < 1.29 is 9.30 Å². The number of rotatable bonds is 8. The summed E-state index contributed by atoms with van der Waals surface area (Å²) < 4.78 is 10.00. The number of nitrogens with zero attached hydrogens (tertiary/aromatic N) is 2. The first-order valence-electron chi connectivity index (χ1n) is 8.10. The predicted molar refractivity (Wildman–Crippen MR) is 90.9 cm³/mol. The number of benzene rings is 2. The van der Waals surface area contributed by atoms with E-state index in [0.717, 1.165) is 26.0 Å². The predicted octanol–water partition coefficient (Wildman–Crippen LogP) is 3.43. The minimum Gasteiger partial charge on any atom is -0.342 e. The molecule has 0 amide bonds. The van der Waals surface area contributed by atoms with Crippen molar-refractivity contribution in [2.24, 2.45) is 0 Å². The van der Waals surface area contributed by atoms with Gasteiger partial charge in [0.2, 0.25) is 6.33 Å². The Balaban J connectivity index is 1.38. The minimum atomic E-state index is 0.608. The number of aromatic nitrogens is 2. The molecule has 0 saturated heterocycles. The maximum atomic E-state index is 5.75. The van der Waals surface area contributed by atoms with E-state index in [1.807, 2.05) is 6.07 Å². The van der Waals surface area contributed by atoms with Gasteiger partial charge in [0.05, 0.1) is 6.61 Å². The first-order valence-corrected chi connectivity index (χ1v) is 8.10. The molecule has 0 radical (unpaired) electrons. The van der Waals surface area contributed by atoms with Gasteiger partial charge in [-0.2, -0.15) is 0 Å². The number of imidazole rings is 1. The van der Waals surface area contributed by atoms with Gasteiger partial charge in [-0.25, -0.2) is 9.13 Å². The summed E-state index contributed by atoms with van der Waals surface area (Å²) in [7, 11) is 0. The van der Waals surface area contributed by atoms with Crippen molar-refractivity contribution >= 4 is 0 Å². The van der Waals surface area contributed by atoms with Gasteiger partial charge < -0.3 is 4.74 Å². The highest BCUT2D eigenvalue weighted by Gasteiger charge is 2.04. The fraction of sp³-hybridized carbons (Fsp3) is 0.250. The van der Waals surface area contributed by atoms with Crippen LogP contribution >= 0.6 is 0 Å². The van der Waals surface area contributed by atoms with E-state index in [1.54, 1.807) is 0 Å². The van der Waals surface area contributed by atoms with Crippen molar-refractivity contribution in [2.45, 2.75) is 26.1 Å². The lowest BCUT2D eigenvalue weighted by Crippen LogP contribution is -2.31. The van der Waals surface area contributed by atoms with Crippen molar-refractivity contribution in [3.8, 4) is 0 Å². The molecule has 118 valence electrons. The molecule has 1 heterocycles. The van der Waals surface area contributed by atoms with Crippen LogP contribution in [0, 0.1) is 0 Å². The van der Waals surface area contributed by atoms with Crippen LogP contribution in [0.1, 0.15) is 17.5 Å². The second kappa shape index (κ2) is 8.30. The highest BCUT2D eigenvalue weighted by atomic mass is 16.5. The maximum absolute atomic E-state index is 5.75. The van der Waals surface area contributed by atoms with Gasteiger partial charge in [-0.1, -0.05) is 60.7 Å². The molecule has 0 fully saturated rings. The van der Waals surface area contributed by atoms with Gasteiger partial charge in [0.15, 0.2) is 6.73 Å². The van der Waals surface area contributed by atoms with Crippen LogP contribution in [0.25, 0.3) is 0 Å². The third-order valence-corrected chi connectivity index (χ3v) is 3.79. The summed E-state index contributed by atoms with van der Waals surface area (Å²) in [6.45, 7) is 2.28. The standard InChI is InChI=1S/C20H23N2O/c1-3-8-19(9-4-1)12-7-15-23-18-22-14-13-21(17-22)16-20-10-5-2-6-11-20/h1-6,8-11,13-14,17H,7,12,15-16,18H2/q+1. The van der Waals surface area contributed by atoms with Gasteiger partial charge >= 0.3 is 0 Å². The Hall–Kier alpha value is -2.39. The van der Waals surface area contributed by atoms with Gasteiger partial charge in [0.1, 0.15) is 18.9 Å². The van der Waals surface area contributed by atoms with E-state index in [4.69, 9.17) is 4.74 Å². The molecule has 0 spiro atoms. The molecule has 2 aromatic carbocycles. The van der Waals surface area contributed by atoms with Gasteiger partial charge in [0, 0.05) is 0 Å². The third kappa shape index (κ3) is 5.08. The number of aryl methyl sites for hydroxylation is 1. The zero-order chi connectivity index (χ0) is 15.7. The fourth-order valence-electron chi connectivity index (χ4n) is 2.60. The molecule has 3 aromatic rings. The fourth-order valence-corrected chi connectivity index (χ4v) is 2.60. The van der Waals surface area contributed by atoms with Crippen LogP contribution in [0.3, 0.4) is 0 Å². The first kappa shape index (κ1) is 15.5. The second-order valence-corrected chi connectivity index (χ2v) is 5.71. The van der Waals surface area contributed by atoms with E-state index in [0.29, 0.717) is 6.73 Å². The van der Waals surface area contributed by atoms with Crippen molar-refractivity contribution in [1.82, 2.24) is 4.57 Å². The Bertz CT molecular complexity index is 692. The number of hydrogen-bond acceptors (Lipinski definition) is 1. The summed E-state index contributed by atoms with van der Waals surface area (Å²) in [6.07, 6.45) is 8.35. The smallest absolute Gasteiger partial charge is 0.245 e. The topological polar surface area (TPSA) is 18.0 Å². The molecular weight excluding hydrogens is 284 g/mol. The van der Waals surface area contributed by atoms with E-state index in [2.05, 4.69) is 82.5 Å². The van der Waals surface area contributed by atoms with E-state index < -0.39 is 0 Å². The first-order chi connectivity index (χ1) is 11.4. The van der Waals surface area contributed by atoms with Gasteiger partial charge in [0.25, 0.3) is 0 Å². The molecule has 0 bridgehead atoms. The lowest BCUT2D eigenvalue weighted by atomic mass is 10.1. The van der Waals surface area contributed by atoms with Crippen LogP contribution in [-0.2, 0) is 24.4 Å². The lowest BCUT2D eigenvalue weighted by Gasteiger charge is -2.02. The normalized spacial score (nSPS) is 10.8. The molecule has 0 aliphatic carbocycles. The zero-order valence-corrected chi connectivity index (χ0v) is 13.3. The van der Waals surface area contributed by atoms with Crippen LogP contribution in [0.15, 0.2) is 79.4 Å². The van der Waals surface area contributed by atoms with Crippen LogP contribution in [0.4, 0.5) is 0 Å². The highest BCUT2D eigenvalue weighted by Crippen LogP contribution is 2.03. The van der Waals surface area contributed by atoms with E-state index >= 15 is 0 Å². The number of hydrogen-bond donors (Lipinski definition) is 0. The maximum Gasteiger partial charge on any atom is 0.245 e. The highest BCUT2D eigenvalue weighted by molar-refractivity contribution is 5.14. The third-order valence-electron chi connectivity index (χ3n) is 3.79. The van der Waals surface area contributed by atoms with Crippen molar-refractivity contribution in [1.29, 1.82) is 0 Å². The minimum absolute atomic E-state index is 0.608. The molecule has 0 saturated carbocycles. The molecule has 0 aliphatic heterocycles. The Morgan fingerprint density at radius 2 is 1.57 bits per heavy atom. The average molecular weight is 307 g/mol. The molecule has 3 nitrogen and oxygen atoms in total. The van der Waals surface area contributed by atoms with Gasteiger partial charge in [-0.15, -0.1) is 0 Å². The van der Waals surface area contributed by atoms with Crippen LogP contribution in [0.5, 0.6) is 0 Å². The Kier molecular flexibility index (Phi) is 5.59. The summed E-state index contributed by atoms with van der Waals surface area (Å²) in [5, 5.41) is 0. The van der Waals surface area contributed by atoms with E-state index in [9.17, 15) is 0 Å². The lowest BCUT2D eigenvalue weighted by molar-refractivity contribution is -0.688. The van der Waals surface area contributed by atoms with E-state index in [-0.39, 0.29) is 0 Å². The van der Waals surface area contributed by atoms with Crippen LogP contribution < -0.4 is 4.57 Å². The van der Waals surface area contributed by atoms with Crippen molar-refractivity contribution in [3.05, 3.63) is 90.5 Å². The Labute approximate surface area is 137 Å². The van der Waals surface area contributed by atoms with Crippen LogP contribution in [-0.4, -0.2) is 11.2 Å². The quantitative estimate of drug-likeness (QED) is 0.460. The molecule has 3 heteroatoms. The number of ether oxygens (including phenoxy) is 1. The Morgan fingerprint density at radius 3 is 2.30 bits per heavy atom. The molecule has 0 N–H and O–H groups in total. The van der Waals surface area contributed by atoms with Crippen LogP contribution in [0.2, 0.25) is 0 Å². The van der Waals surface area contributed by atoms with Crippen molar-refractivity contribution in [3.63, 3.8) is 0 Å². The average Bonchev–Trinajstić information content (AvgIpc) is 3.04. The van der Waals surface area contributed by atoms with Gasteiger partial charge in [-0.3, -0.25) is 0 Å². The molecule has 1 aromatic heterocycles. The zero-order valence-electron chi connectivity index (χ0n) is 13.3. The van der Waals surface area contributed by atoms with Gasteiger partial charge in [-0.05, 0) is 24.0 Å². The Morgan fingerprint density at radius 1 is 0.870 bits per heavy atom. The summed E-state index contributed by atoms with van der Waals surface area (Å²) >= 11 is 0. The monoisotopic (exact) mass is 307 g/mol. The SMILES string of the molecule is c1ccc(CCCOCn2cc[n+](Cc3ccccc3)c2)cc1.